The molecule has 8 heteroatoms. The van der Waals surface area contributed by atoms with E-state index in [0.29, 0.717) is 15.8 Å². The van der Waals surface area contributed by atoms with Gasteiger partial charge in [-0.05, 0) is 74.1 Å². The molecule has 0 radical (unpaired) electrons. The standard InChI is InChI=1S/C27H27N3O4S/c28-13-14-30-23(29-26-25(27(30)33)20-7-3-4-8-22(20)35-26)16-34-24(32)12-11-21(31)19-10-9-17-5-1-2-6-18(17)15-19/h9-10,15H,1-8,11-12,14,16H2. The Morgan fingerprint density at radius 3 is 2.66 bits per heavy atom. The summed E-state index contributed by atoms with van der Waals surface area (Å²) in [5.74, 6) is -0.350. The molecule has 0 saturated heterocycles. The molecule has 0 unspecified atom stereocenters. The SMILES string of the molecule is N#CCn1c(COC(=O)CCC(=O)c2ccc3c(c2)CCCC3)nc2sc3c(c2c1=O)CCCC3. The number of Topliss-reactive ketones (excluding diaryl/α,β-unsaturated/α-hetero) is 1. The van der Waals surface area contributed by atoms with Gasteiger partial charge in [-0.25, -0.2) is 4.98 Å². The Morgan fingerprint density at radius 1 is 1.06 bits per heavy atom. The topological polar surface area (TPSA) is 102 Å². The highest BCUT2D eigenvalue weighted by atomic mass is 32.1. The number of aromatic nitrogens is 2. The predicted octanol–water partition coefficient (Wildman–Crippen LogP) is 4.45. The largest absolute Gasteiger partial charge is 0.457 e. The lowest BCUT2D eigenvalue weighted by atomic mass is 9.89. The monoisotopic (exact) mass is 489 g/mol. The zero-order valence-corrected chi connectivity index (χ0v) is 20.4. The first kappa shape index (κ1) is 23.4. The van der Waals surface area contributed by atoms with Crippen LogP contribution in [0.2, 0.25) is 0 Å². The molecule has 0 spiro atoms. The molecule has 0 amide bonds. The predicted molar refractivity (Wildman–Crippen MR) is 133 cm³/mol. The minimum atomic E-state index is -0.528. The number of hydrogen-bond acceptors (Lipinski definition) is 7. The summed E-state index contributed by atoms with van der Waals surface area (Å²) in [7, 11) is 0. The van der Waals surface area contributed by atoms with Crippen molar-refractivity contribution in [1.29, 1.82) is 5.26 Å². The summed E-state index contributed by atoms with van der Waals surface area (Å²) in [6, 6.07) is 7.84. The molecule has 2 aliphatic rings. The quantitative estimate of drug-likeness (QED) is 0.359. The normalized spacial score (nSPS) is 14.7. The van der Waals surface area contributed by atoms with Crippen LogP contribution in [0.1, 0.15) is 76.3 Å². The van der Waals surface area contributed by atoms with Crippen LogP contribution < -0.4 is 5.56 Å². The fourth-order valence-corrected chi connectivity index (χ4v) is 6.38. The maximum Gasteiger partial charge on any atom is 0.306 e. The summed E-state index contributed by atoms with van der Waals surface area (Å²) in [5.41, 5.74) is 3.99. The van der Waals surface area contributed by atoms with Crippen LogP contribution in [0.15, 0.2) is 23.0 Å². The van der Waals surface area contributed by atoms with Gasteiger partial charge in [-0.15, -0.1) is 11.3 Å². The van der Waals surface area contributed by atoms with Gasteiger partial charge in [0.2, 0.25) is 0 Å². The molecule has 5 rings (SSSR count). The van der Waals surface area contributed by atoms with Gasteiger partial charge in [0, 0.05) is 16.9 Å². The van der Waals surface area contributed by atoms with Crippen molar-refractivity contribution in [3.63, 3.8) is 0 Å². The van der Waals surface area contributed by atoms with E-state index in [1.54, 1.807) is 0 Å². The Labute approximate surface area is 207 Å². The highest BCUT2D eigenvalue weighted by molar-refractivity contribution is 7.18. The fourth-order valence-electron chi connectivity index (χ4n) is 5.11. The van der Waals surface area contributed by atoms with Crippen molar-refractivity contribution in [2.75, 3.05) is 0 Å². The van der Waals surface area contributed by atoms with Crippen molar-refractivity contribution in [1.82, 2.24) is 9.55 Å². The van der Waals surface area contributed by atoms with Gasteiger partial charge >= 0.3 is 5.97 Å². The molecule has 0 atom stereocenters. The summed E-state index contributed by atoms with van der Waals surface area (Å²) in [5, 5.41) is 9.86. The smallest absolute Gasteiger partial charge is 0.306 e. The van der Waals surface area contributed by atoms with Crippen LogP contribution in [0, 0.1) is 11.3 Å². The number of carbonyl (C=O) groups excluding carboxylic acids is 2. The number of ketones is 1. The lowest BCUT2D eigenvalue weighted by Gasteiger charge is -2.16. The molecule has 1 aromatic carbocycles. The van der Waals surface area contributed by atoms with Crippen LogP contribution in [0.5, 0.6) is 0 Å². The first-order chi connectivity index (χ1) is 17.0. The Balaban J connectivity index is 1.26. The highest BCUT2D eigenvalue weighted by Gasteiger charge is 2.23. The lowest BCUT2D eigenvalue weighted by Crippen LogP contribution is -2.26. The van der Waals surface area contributed by atoms with E-state index in [1.165, 1.54) is 38.3 Å². The molecule has 2 aromatic heterocycles. The number of nitrogens with zero attached hydrogens (tertiary/aromatic N) is 3. The number of thiophene rings is 1. The molecule has 0 saturated carbocycles. The Bertz CT molecular complexity index is 1410. The molecule has 2 heterocycles. The van der Waals surface area contributed by atoms with Crippen LogP contribution in [0.25, 0.3) is 10.2 Å². The van der Waals surface area contributed by atoms with Crippen molar-refractivity contribution in [2.24, 2.45) is 0 Å². The van der Waals surface area contributed by atoms with E-state index in [-0.39, 0.29) is 43.2 Å². The maximum absolute atomic E-state index is 13.2. The summed E-state index contributed by atoms with van der Waals surface area (Å²) in [6.45, 7) is -0.364. The molecule has 0 fully saturated rings. The fraction of sp³-hybridized carbons (Fsp3) is 0.444. The second kappa shape index (κ2) is 10.1. The Hall–Kier alpha value is -3.31. The lowest BCUT2D eigenvalue weighted by molar-refractivity contribution is -0.145. The second-order valence-electron chi connectivity index (χ2n) is 9.24. The summed E-state index contributed by atoms with van der Waals surface area (Å²) < 4.78 is 6.68. The number of nitriles is 1. The number of fused-ring (bicyclic) bond motifs is 4. The van der Waals surface area contributed by atoms with Gasteiger partial charge in [0.1, 0.15) is 18.0 Å². The van der Waals surface area contributed by atoms with E-state index in [4.69, 9.17) is 4.74 Å². The number of ether oxygens (including phenoxy) is 1. The van der Waals surface area contributed by atoms with Crippen LogP contribution in [-0.2, 0) is 48.4 Å². The third kappa shape index (κ3) is 4.78. The average molecular weight is 490 g/mol. The molecule has 3 aromatic rings. The minimum absolute atomic E-state index is 0.0477. The second-order valence-corrected chi connectivity index (χ2v) is 10.3. The van der Waals surface area contributed by atoms with Crippen LogP contribution in [-0.4, -0.2) is 21.3 Å². The summed E-state index contributed by atoms with van der Waals surface area (Å²) in [6.07, 6.45) is 8.32. The Kier molecular flexibility index (Phi) is 6.78. The third-order valence-corrected chi connectivity index (χ3v) is 8.16. The van der Waals surface area contributed by atoms with Crippen LogP contribution >= 0.6 is 11.3 Å². The molecule has 0 N–H and O–H groups in total. The molecule has 0 bridgehead atoms. The minimum Gasteiger partial charge on any atom is -0.457 e. The van der Waals surface area contributed by atoms with E-state index in [1.807, 2.05) is 24.3 Å². The van der Waals surface area contributed by atoms with Gasteiger partial charge in [-0.3, -0.25) is 19.0 Å². The number of aryl methyl sites for hydroxylation is 4. The molecule has 180 valence electrons. The van der Waals surface area contributed by atoms with E-state index in [9.17, 15) is 19.6 Å². The number of hydrogen-bond donors (Lipinski definition) is 0. The van der Waals surface area contributed by atoms with E-state index >= 15 is 0 Å². The number of benzene rings is 1. The maximum atomic E-state index is 13.2. The number of esters is 1. The highest BCUT2D eigenvalue weighted by Crippen LogP contribution is 2.33. The molecular formula is C27H27N3O4S. The average Bonchev–Trinajstić information content (AvgIpc) is 3.26. The first-order valence-corrected chi connectivity index (χ1v) is 13.1. The van der Waals surface area contributed by atoms with Crippen molar-refractivity contribution >= 4 is 33.3 Å². The van der Waals surface area contributed by atoms with E-state index in [0.717, 1.165) is 50.5 Å². The van der Waals surface area contributed by atoms with Crippen LogP contribution in [0.4, 0.5) is 0 Å². The van der Waals surface area contributed by atoms with Gasteiger partial charge in [-0.1, -0.05) is 12.1 Å². The number of carbonyl (C=O) groups is 2. The molecule has 7 nitrogen and oxygen atoms in total. The zero-order valence-electron chi connectivity index (χ0n) is 19.6. The summed E-state index contributed by atoms with van der Waals surface area (Å²) in [4.78, 5) is 44.7. The summed E-state index contributed by atoms with van der Waals surface area (Å²) >= 11 is 1.52. The van der Waals surface area contributed by atoms with Crippen LogP contribution in [0.3, 0.4) is 0 Å². The van der Waals surface area contributed by atoms with Gasteiger partial charge in [0.15, 0.2) is 11.6 Å². The van der Waals surface area contributed by atoms with Crippen molar-refractivity contribution < 1.29 is 14.3 Å². The van der Waals surface area contributed by atoms with E-state index in [2.05, 4.69) is 4.98 Å². The van der Waals surface area contributed by atoms with Crippen molar-refractivity contribution in [3.8, 4) is 6.07 Å². The van der Waals surface area contributed by atoms with Gasteiger partial charge in [0.25, 0.3) is 5.56 Å². The molecule has 2 aliphatic carbocycles. The molecule has 35 heavy (non-hydrogen) atoms. The van der Waals surface area contributed by atoms with Gasteiger partial charge in [0.05, 0.1) is 17.9 Å². The third-order valence-electron chi connectivity index (χ3n) is 6.97. The Morgan fingerprint density at radius 2 is 1.83 bits per heavy atom. The molecular weight excluding hydrogens is 462 g/mol. The molecule has 0 aliphatic heterocycles. The number of rotatable bonds is 7. The van der Waals surface area contributed by atoms with Crippen molar-refractivity contribution in [3.05, 3.63) is 61.5 Å². The van der Waals surface area contributed by atoms with Gasteiger partial charge in [-0.2, -0.15) is 5.26 Å². The first-order valence-electron chi connectivity index (χ1n) is 12.3. The van der Waals surface area contributed by atoms with E-state index < -0.39 is 5.97 Å². The van der Waals surface area contributed by atoms with Gasteiger partial charge < -0.3 is 4.74 Å². The zero-order chi connectivity index (χ0) is 24.4. The van der Waals surface area contributed by atoms with Crippen molar-refractivity contribution in [2.45, 2.75) is 77.4 Å².